The highest BCUT2D eigenvalue weighted by Crippen LogP contribution is 2.30. The fraction of sp³-hybridized carbons (Fsp3) is 0. The molecular weight excluding hydrogens is 374 g/mol. The zero-order chi connectivity index (χ0) is 18.5. The van der Waals surface area contributed by atoms with E-state index < -0.39 is 4.92 Å². The molecule has 0 aliphatic heterocycles. The number of aromatic nitrogens is 1. The highest BCUT2D eigenvalue weighted by molar-refractivity contribution is 7.99. The summed E-state index contributed by atoms with van der Waals surface area (Å²) in [6.45, 7) is 0. The van der Waals surface area contributed by atoms with Crippen molar-refractivity contribution < 1.29 is 9.72 Å². The van der Waals surface area contributed by atoms with Gasteiger partial charge in [-0.25, -0.2) is 4.98 Å². The van der Waals surface area contributed by atoms with Gasteiger partial charge in [0, 0.05) is 33.8 Å². The van der Waals surface area contributed by atoms with E-state index >= 15 is 0 Å². The van der Waals surface area contributed by atoms with Gasteiger partial charge in [-0.15, -0.1) is 0 Å². The van der Waals surface area contributed by atoms with Crippen LogP contribution in [-0.2, 0) is 0 Å². The molecule has 3 aromatic rings. The Hall–Kier alpha value is -2.90. The first kappa shape index (κ1) is 17.9. The third kappa shape index (κ3) is 4.38. The Morgan fingerprint density at radius 2 is 1.65 bits per heavy atom. The molecule has 0 aliphatic rings. The van der Waals surface area contributed by atoms with Crippen molar-refractivity contribution in [1.82, 2.24) is 4.98 Å². The number of anilines is 1. The highest BCUT2D eigenvalue weighted by atomic mass is 35.5. The summed E-state index contributed by atoms with van der Waals surface area (Å²) < 4.78 is 0. The van der Waals surface area contributed by atoms with Crippen molar-refractivity contribution in [3.63, 3.8) is 0 Å². The molecule has 8 heteroatoms. The van der Waals surface area contributed by atoms with Crippen molar-refractivity contribution in [3.05, 3.63) is 87.7 Å². The lowest BCUT2D eigenvalue weighted by Crippen LogP contribution is -2.12. The van der Waals surface area contributed by atoms with Gasteiger partial charge in [0.05, 0.1) is 10.5 Å². The fourth-order valence-electron chi connectivity index (χ4n) is 2.13. The van der Waals surface area contributed by atoms with Crippen LogP contribution in [-0.4, -0.2) is 15.8 Å². The number of carbonyl (C=O) groups excluding carboxylic acids is 1. The smallest absolute Gasteiger partial charge is 0.269 e. The maximum Gasteiger partial charge on any atom is 0.269 e. The maximum absolute atomic E-state index is 12.2. The first-order valence-electron chi connectivity index (χ1n) is 7.47. The number of pyridine rings is 1. The van der Waals surface area contributed by atoms with Gasteiger partial charge in [0.25, 0.3) is 11.6 Å². The normalized spacial score (nSPS) is 10.3. The van der Waals surface area contributed by atoms with Crippen LogP contribution in [0.3, 0.4) is 0 Å². The van der Waals surface area contributed by atoms with Crippen LogP contribution in [0, 0.1) is 10.1 Å². The zero-order valence-electron chi connectivity index (χ0n) is 13.3. The third-order valence-electron chi connectivity index (χ3n) is 3.40. The number of nitro groups is 1. The molecule has 0 radical (unpaired) electrons. The van der Waals surface area contributed by atoms with Gasteiger partial charge >= 0.3 is 0 Å². The number of hydrogen-bond donors (Lipinski definition) is 1. The number of nitrogens with one attached hydrogen (secondary N) is 1. The standard InChI is InChI=1S/C18H12ClN3O3S/c19-17-16(2-1-11-20-17)18(23)21-12-3-7-14(8-4-12)26-15-9-5-13(6-10-15)22(24)25/h1-11H,(H,21,23). The summed E-state index contributed by atoms with van der Waals surface area (Å²) in [7, 11) is 0. The number of benzene rings is 2. The van der Waals surface area contributed by atoms with Crippen LogP contribution in [0.5, 0.6) is 0 Å². The van der Waals surface area contributed by atoms with Crippen molar-refractivity contribution in [2.45, 2.75) is 9.79 Å². The molecule has 0 spiro atoms. The first-order valence-corrected chi connectivity index (χ1v) is 8.66. The van der Waals surface area contributed by atoms with Crippen LogP contribution in [0.15, 0.2) is 76.7 Å². The van der Waals surface area contributed by atoms with E-state index in [-0.39, 0.29) is 16.7 Å². The minimum atomic E-state index is -0.430. The molecule has 26 heavy (non-hydrogen) atoms. The molecule has 0 unspecified atom stereocenters. The molecular formula is C18H12ClN3O3S. The summed E-state index contributed by atoms with van der Waals surface area (Å²) in [5.74, 6) is -0.334. The van der Waals surface area contributed by atoms with E-state index in [1.165, 1.54) is 30.1 Å². The van der Waals surface area contributed by atoms with Gasteiger partial charge in [-0.1, -0.05) is 23.4 Å². The fourth-order valence-corrected chi connectivity index (χ4v) is 3.15. The predicted molar refractivity (Wildman–Crippen MR) is 101 cm³/mol. The van der Waals surface area contributed by atoms with Gasteiger partial charge in [-0.05, 0) is 48.5 Å². The number of rotatable bonds is 5. The third-order valence-corrected chi connectivity index (χ3v) is 4.72. The van der Waals surface area contributed by atoms with E-state index in [0.717, 1.165) is 9.79 Å². The van der Waals surface area contributed by atoms with Crippen LogP contribution < -0.4 is 5.32 Å². The van der Waals surface area contributed by atoms with Crippen LogP contribution in [0.1, 0.15) is 10.4 Å². The molecule has 0 saturated carbocycles. The van der Waals surface area contributed by atoms with Crippen molar-refractivity contribution in [2.75, 3.05) is 5.32 Å². The summed E-state index contributed by atoms with van der Waals surface area (Å²) in [5, 5.41) is 13.6. The molecule has 1 aromatic heterocycles. The summed E-state index contributed by atoms with van der Waals surface area (Å²) in [6.07, 6.45) is 1.52. The van der Waals surface area contributed by atoms with E-state index in [9.17, 15) is 14.9 Å². The second-order valence-electron chi connectivity index (χ2n) is 5.17. The molecule has 6 nitrogen and oxygen atoms in total. The van der Waals surface area contributed by atoms with E-state index in [1.807, 2.05) is 12.1 Å². The van der Waals surface area contributed by atoms with Crippen molar-refractivity contribution in [3.8, 4) is 0 Å². The van der Waals surface area contributed by atoms with Crippen LogP contribution >= 0.6 is 23.4 Å². The largest absolute Gasteiger partial charge is 0.322 e. The van der Waals surface area contributed by atoms with Gasteiger partial charge in [0.2, 0.25) is 0 Å². The molecule has 1 heterocycles. The first-order chi connectivity index (χ1) is 12.5. The summed E-state index contributed by atoms with van der Waals surface area (Å²) in [5.41, 5.74) is 0.989. The zero-order valence-corrected chi connectivity index (χ0v) is 14.8. The Morgan fingerprint density at radius 3 is 2.23 bits per heavy atom. The average Bonchev–Trinajstić information content (AvgIpc) is 2.64. The molecule has 3 rings (SSSR count). The van der Waals surface area contributed by atoms with E-state index in [1.54, 1.807) is 36.4 Å². The topological polar surface area (TPSA) is 85.1 Å². The van der Waals surface area contributed by atoms with Crippen molar-refractivity contribution in [2.24, 2.45) is 0 Å². The molecule has 0 aliphatic carbocycles. The predicted octanol–water partition coefficient (Wildman–Crippen LogP) is 5.05. The molecule has 0 bridgehead atoms. The van der Waals surface area contributed by atoms with E-state index in [4.69, 9.17) is 11.6 Å². The van der Waals surface area contributed by atoms with Gasteiger partial charge in [-0.3, -0.25) is 14.9 Å². The second-order valence-corrected chi connectivity index (χ2v) is 6.68. The molecule has 130 valence electrons. The Morgan fingerprint density at radius 1 is 1.04 bits per heavy atom. The Labute approximate surface area is 158 Å². The number of amides is 1. The quantitative estimate of drug-likeness (QED) is 0.377. The summed E-state index contributed by atoms with van der Waals surface area (Å²) in [6, 6.07) is 16.8. The number of nitro benzene ring substituents is 1. The molecule has 0 atom stereocenters. The highest BCUT2D eigenvalue weighted by Gasteiger charge is 2.11. The minimum Gasteiger partial charge on any atom is -0.322 e. The van der Waals surface area contributed by atoms with E-state index in [2.05, 4.69) is 10.3 Å². The van der Waals surface area contributed by atoms with Gasteiger partial charge < -0.3 is 5.32 Å². The lowest BCUT2D eigenvalue weighted by molar-refractivity contribution is -0.384. The maximum atomic E-state index is 12.2. The minimum absolute atomic E-state index is 0.0569. The van der Waals surface area contributed by atoms with Gasteiger partial charge in [-0.2, -0.15) is 0 Å². The Bertz CT molecular complexity index is 947. The van der Waals surface area contributed by atoms with E-state index in [0.29, 0.717) is 11.3 Å². The summed E-state index contributed by atoms with van der Waals surface area (Å²) in [4.78, 5) is 28.1. The van der Waals surface area contributed by atoms with Gasteiger partial charge in [0.15, 0.2) is 0 Å². The Balaban J connectivity index is 1.66. The lowest BCUT2D eigenvalue weighted by Gasteiger charge is -2.07. The number of hydrogen-bond acceptors (Lipinski definition) is 5. The lowest BCUT2D eigenvalue weighted by atomic mass is 10.2. The van der Waals surface area contributed by atoms with Gasteiger partial charge in [0.1, 0.15) is 5.15 Å². The SMILES string of the molecule is O=C(Nc1ccc(Sc2ccc([N+](=O)[O-])cc2)cc1)c1cccnc1Cl. The number of carbonyl (C=O) groups is 1. The average molecular weight is 386 g/mol. The Kier molecular flexibility index (Phi) is 5.50. The molecule has 2 aromatic carbocycles. The molecule has 0 fully saturated rings. The van der Waals surface area contributed by atoms with Crippen LogP contribution in [0.25, 0.3) is 0 Å². The second kappa shape index (κ2) is 7.99. The van der Waals surface area contributed by atoms with Crippen LogP contribution in [0.2, 0.25) is 5.15 Å². The van der Waals surface area contributed by atoms with Crippen molar-refractivity contribution >= 4 is 40.6 Å². The monoisotopic (exact) mass is 385 g/mol. The number of nitrogens with zero attached hydrogens (tertiary/aromatic N) is 2. The number of non-ortho nitro benzene ring substituents is 1. The number of halogens is 1. The summed E-state index contributed by atoms with van der Waals surface area (Å²) >= 11 is 7.38. The van der Waals surface area contributed by atoms with Crippen LogP contribution in [0.4, 0.5) is 11.4 Å². The molecule has 1 amide bonds. The molecule has 1 N–H and O–H groups in total. The molecule has 0 saturated heterocycles. The van der Waals surface area contributed by atoms with Crippen molar-refractivity contribution in [1.29, 1.82) is 0 Å².